The standard InChI is InChI=1S/C21H28ClN5O3S/c1-29-18-12-16(23)15(22)11-14(18)20(28)26-17-5-9-27(13-19(17)30-2)8-4-10-31-21-24-6-3-7-25-21/h3,6-7,11-12,17,19H,4-5,8-10,13,23H2,1-2H3,(H,26,28)/t17-,19+/m1/s1. The summed E-state index contributed by atoms with van der Waals surface area (Å²) in [5.41, 5.74) is 6.54. The molecule has 1 aliphatic heterocycles. The second kappa shape index (κ2) is 11.5. The zero-order chi connectivity index (χ0) is 22.2. The van der Waals surface area contributed by atoms with Gasteiger partial charge in [0.1, 0.15) is 5.75 Å². The van der Waals surface area contributed by atoms with Crippen LogP contribution in [0.3, 0.4) is 0 Å². The largest absolute Gasteiger partial charge is 0.496 e. The molecule has 2 heterocycles. The molecule has 0 saturated carbocycles. The van der Waals surface area contributed by atoms with Gasteiger partial charge in [0.2, 0.25) is 0 Å². The van der Waals surface area contributed by atoms with E-state index in [-0.39, 0.29) is 18.1 Å². The number of nitrogen functional groups attached to an aromatic ring is 1. The number of methoxy groups -OCH3 is 2. The number of likely N-dealkylation sites (tertiary alicyclic amines) is 1. The van der Waals surface area contributed by atoms with Crippen molar-refractivity contribution in [3.05, 3.63) is 41.2 Å². The number of carbonyl (C=O) groups excluding carboxylic acids is 1. The van der Waals surface area contributed by atoms with Crippen LogP contribution in [0.25, 0.3) is 0 Å². The lowest BCUT2D eigenvalue weighted by atomic mass is 10.0. The Morgan fingerprint density at radius 2 is 2.13 bits per heavy atom. The van der Waals surface area contributed by atoms with Gasteiger partial charge >= 0.3 is 0 Å². The number of amides is 1. The summed E-state index contributed by atoms with van der Waals surface area (Å²) in [5, 5.41) is 4.20. The average Bonchev–Trinajstić information content (AvgIpc) is 2.79. The molecule has 0 unspecified atom stereocenters. The van der Waals surface area contributed by atoms with Gasteiger partial charge in [-0.15, -0.1) is 0 Å². The van der Waals surface area contributed by atoms with Gasteiger partial charge in [-0.2, -0.15) is 0 Å². The molecule has 31 heavy (non-hydrogen) atoms. The van der Waals surface area contributed by atoms with Crippen LogP contribution in [0.4, 0.5) is 5.69 Å². The normalized spacial score (nSPS) is 19.2. The Labute approximate surface area is 191 Å². The van der Waals surface area contributed by atoms with Crippen molar-refractivity contribution in [3.8, 4) is 5.75 Å². The Bertz CT molecular complexity index is 874. The fraction of sp³-hybridized carbons (Fsp3) is 0.476. The highest BCUT2D eigenvalue weighted by atomic mass is 35.5. The maximum Gasteiger partial charge on any atom is 0.255 e. The van der Waals surface area contributed by atoms with Crippen molar-refractivity contribution in [2.75, 3.05) is 45.3 Å². The van der Waals surface area contributed by atoms with Crippen LogP contribution < -0.4 is 15.8 Å². The Balaban J connectivity index is 1.50. The smallest absolute Gasteiger partial charge is 0.255 e. The highest BCUT2D eigenvalue weighted by Crippen LogP contribution is 2.29. The summed E-state index contributed by atoms with van der Waals surface area (Å²) in [6.07, 6.45) is 5.23. The first-order valence-corrected chi connectivity index (χ1v) is 11.5. The molecule has 168 valence electrons. The van der Waals surface area contributed by atoms with Crippen LogP contribution >= 0.6 is 23.4 Å². The van der Waals surface area contributed by atoms with Crippen molar-refractivity contribution in [1.82, 2.24) is 20.2 Å². The second-order valence-corrected chi connectivity index (χ2v) is 8.72. The van der Waals surface area contributed by atoms with Gasteiger partial charge in [-0.1, -0.05) is 23.4 Å². The van der Waals surface area contributed by atoms with Crippen LogP contribution in [0.1, 0.15) is 23.2 Å². The molecule has 0 spiro atoms. The van der Waals surface area contributed by atoms with Crippen molar-refractivity contribution < 1.29 is 14.3 Å². The van der Waals surface area contributed by atoms with Crippen molar-refractivity contribution in [3.63, 3.8) is 0 Å². The van der Waals surface area contributed by atoms with Crippen LogP contribution in [0.5, 0.6) is 5.75 Å². The van der Waals surface area contributed by atoms with Gasteiger partial charge in [0, 0.05) is 44.4 Å². The average molecular weight is 466 g/mol. The number of nitrogens with zero attached hydrogens (tertiary/aromatic N) is 3. The van der Waals surface area contributed by atoms with Gasteiger partial charge in [-0.05, 0) is 31.5 Å². The molecule has 3 N–H and O–H groups in total. The molecule has 1 saturated heterocycles. The van der Waals surface area contributed by atoms with E-state index in [9.17, 15) is 4.79 Å². The van der Waals surface area contributed by atoms with Crippen molar-refractivity contribution in [1.29, 1.82) is 0 Å². The predicted molar refractivity (Wildman–Crippen MR) is 123 cm³/mol. The molecule has 0 radical (unpaired) electrons. The molecular formula is C21H28ClN5O3S. The number of hydrogen-bond acceptors (Lipinski definition) is 8. The zero-order valence-electron chi connectivity index (χ0n) is 17.7. The SMILES string of the molecule is COc1cc(N)c(Cl)cc1C(=O)N[C@@H]1CCN(CCCSc2ncccn2)C[C@@H]1OC. The van der Waals surface area contributed by atoms with E-state index in [4.69, 9.17) is 26.8 Å². The lowest BCUT2D eigenvalue weighted by Gasteiger charge is -2.38. The predicted octanol–water partition coefficient (Wildman–Crippen LogP) is 2.72. The number of ether oxygens (including phenoxy) is 2. The van der Waals surface area contributed by atoms with Crippen LogP contribution in [0.15, 0.2) is 35.7 Å². The highest BCUT2D eigenvalue weighted by molar-refractivity contribution is 7.99. The van der Waals surface area contributed by atoms with Crippen molar-refractivity contribution in [2.24, 2.45) is 0 Å². The molecule has 2 atom stereocenters. The number of hydrogen-bond donors (Lipinski definition) is 2. The highest BCUT2D eigenvalue weighted by Gasteiger charge is 2.31. The summed E-state index contributed by atoms with van der Waals surface area (Å²) in [7, 11) is 3.18. The van der Waals surface area contributed by atoms with Crippen LogP contribution in [-0.2, 0) is 4.74 Å². The van der Waals surface area contributed by atoms with Crippen LogP contribution in [0, 0.1) is 0 Å². The lowest BCUT2D eigenvalue weighted by Crippen LogP contribution is -2.55. The monoisotopic (exact) mass is 465 g/mol. The number of thioether (sulfide) groups is 1. The van der Waals surface area contributed by atoms with Crippen LogP contribution in [-0.4, -0.2) is 72.5 Å². The molecule has 1 aromatic heterocycles. The summed E-state index contributed by atoms with van der Waals surface area (Å²) < 4.78 is 11.0. The van der Waals surface area contributed by atoms with E-state index in [1.807, 2.05) is 6.07 Å². The number of carbonyl (C=O) groups is 1. The number of piperidine rings is 1. The first-order chi connectivity index (χ1) is 15.0. The molecule has 2 aromatic rings. The number of benzene rings is 1. The summed E-state index contributed by atoms with van der Waals surface area (Å²) >= 11 is 7.76. The van der Waals surface area contributed by atoms with Gasteiger partial charge in [0.15, 0.2) is 5.16 Å². The first-order valence-electron chi connectivity index (χ1n) is 10.1. The second-order valence-electron chi connectivity index (χ2n) is 7.25. The van der Waals surface area contributed by atoms with Gasteiger partial charge < -0.3 is 25.4 Å². The van der Waals surface area contributed by atoms with E-state index in [0.29, 0.717) is 22.0 Å². The summed E-state index contributed by atoms with van der Waals surface area (Å²) in [6.45, 7) is 2.60. The molecule has 3 rings (SSSR count). The van der Waals surface area contributed by atoms with E-state index in [1.54, 1.807) is 37.3 Å². The maximum atomic E-state index is 12.9. The third-order valence-corrected chi connectivity index (χ3v) is 6.51. The van der Waals surface area contributed by atoms with Gasteiger partial charge in [-0.25, -0.2) is 9.97 Å². The Morgan fingerprint density at radius 3 is 2.84 bits per heavy atom. The van der Waals surface area contributed by atoms with E-state index in [1.165, 1.54) is 13.2 Å². The third-order valence-electron chi connectivity index (χ3n) is 5.22. The summed E-state index contributed by atoms with van der Waals surface area (Å²) in [5.74, 6) is 1.10. The number of nitrogens with one attached hydrogen (secondary N) is 1. The van der Waals surface area contributed by atoms with Gasteiger partial charge in [0.05, 0.1) is 35.5 Å². The molecule has 10 heteroatoms. The molecule has 0 bridgehead atoms. The van der Waals surface area contributed by atoms with Crippen LogP contribution in [0.2, 0.25) is 5.02 Å². The number of nitrogens with two attached hydrogens (primary N) is 1. The Hall–Kier alpha value is -2.07. The number of anilines is 1. The van der Waals surface area contributed by atoms with E-state index >= 15 is 0 Å². The minimum Gasteiger partial charge on any atom is -0.496 e. The minimum atomic E-state index is -0.251. The van der Waals surface area contributed by atoms with Crippen molar-refractivity contribution in [2.45, 2.75) is 30.1 Å². The molecule has 1 amide bonds. The van der Waals surface area contributed by atoms with E-state index < -0.39 is 0 Å². The third kappa shape index (κ3) is 6.46. The molecule has 1 aliphatic rings. The number of halogens is 1. The molecular weight excluding hydrogens is 438 g/mol. The fourth-order valence-corrected chi connectivity index (χ4v) is 4.45. The molecule has 8 nitrogen and oxygen atoms in total. The maximum absolute atomic E-state index is 12.9. The topological polar surface area (TPSA) is 103 Å². The summed E-state index contributed by atoms with van der Waals surface area (Å²) in [6, 6.07) is 4.82. The fourth-order valence-electron chi connectivity index (χ4n) is 3.56. The first kappa shape index (κ1) is 23.6. The summed E-state index contributed by atoms with van der Waals surface area (Å²) in [4.78, 5) is 23.7. The zero-order valence-corrected chi connectivity index (χ0v) is 19.3. The number of aromatic nitrogens is 2. The van der Waals surface area contributed by atoms with E-state index in [2.05, 4.69) is 20.2 Å². The van der Waals surface area contributed by atoms with Gasteiger partial charge in [0.25, 0.3) is 5.91 Å². The molecule has 1 fully saturated rings. The van der Waals surface area contributed by atoms with E-state index in [0.717, 1.165) is 43.4 Å². The lowest BCUT2D eigenvalue weighted by molar-refractivity contribution is 0.00655. The minimum absolute atomic E-state index is 0.0955. The quantitative estimate of drug-likeness (QED) is 0.252. The van der Waals surface area contributed by atoms with Gasteiger partial charge in [-0.3, -0.25) is 4.79 Å². The number of rotatable bonds is 9. The Morgan fingerprint density at radius 1 is 1.35 bits per heavy atom. The Kier molecular flexibility index (Phi) is 8.77. The molecule has 1 aromatic carbocycles. The van der Waals surface area contributed by atoms with Crippen molar-refractivity contribution >= 4 is 35.0 Å². The molecule has 0 aliphatic carbocycles.